The Morgan fingerprint density at radius 1 is 1.33 bits per heavy atom. The Labute approximate surface area is 126 Å². The fraction of sp³-hybridized carbons (Fsp3) is 0.588. The Morgan fingerprint density at radius 2 is 2.14 bits per heavy atom. The van der Waals surface area contributed by atoms with Crippen molar-refractivity contribution in [3.63, 3.8) is 0 Å². The Morgan fingerprint density at radius 3 is 2.90 bits per heavy atom. The summed E-state index contributed by atoms with van der Waals surface area (Å²) in [4.78, 5) is 11.4. The van der Waals surface area contributed by atoms with Gasteiger partial charge in [-0.05, 0) is 37.1 Å². The molecule has 114 valence electrons. The van der Waals surface area contributed by atoms with E-state index < -0.39 is 0 Å². The zero-order valence-electron chi connectivity index (χ0n) is 12.7. The normalized spacial score (nSPS) is 20.3. The van der Waals surface area contributed by atoms with Gasteiger partial charge in [-0.1, -0.05) is 38.2 Å². The van der Waals surface area contributed by atoms with Crippen LogP contribution >= 0.6 is 0 Å². The first kappa shape index (κ1) is 14.4. The quantitative estimate of drug-likeness (QED) is 0.894. The van der Waals surface area contributed by atoms with Crippen molar-refractivity contribution in [3.8, 4) is 5.75 Å². The number of fused-ring (bicyclic) bond motifs is 1. The maximum atomic E-state index is 11.4. The molecule has 1 atom stereocenters. The van der Waals surface area contributed by atoms with Crippen molar-refractivity contribution in [2.24, 2.45) is 5.92 Å². The van der Waals surface area contributed by atoms with Gasteiger partial charge in [0.2, 0.25) is 0 Å². The van der Waals surface area contributed by atoms with E-state index in [1.165, 1.54) is 44.1 Å². The maximum Gasteiger partial charge on any atom is 0.262 e. The van der Waals surface area contributed by atoms with Gasteiger partial charge >= 0.3 is 0 Å². The van der Waals surface area contributed by atoms with Crippen LogP contribution < -0.4 is 15.4 Å². The zero-order chi connectivity index (χ0) is 14.7. The van der Waals surface area contributed by atoms with Crippen LogP contribution in [0.4, 0.5) is 5.69 Å². The number of ether oxygens (including phenoxy) is 1. The Bertz CT molecular complexity index is 510. The maximum absolute atomic E-state index is 11.4. The van der Waals surface area contributed by atoms with Crippen molar-refractivity contribution in [3.05, 3.63) is 23.8 Å². The summed E-state index contributed by atoms with van der Waals surface area (Å²) < 4.78 is 5.42. The van der Waals surface area contributed by atoms with Crippen molar-refractivity contribution in [2.45, 2.75) is 44.6 Å². The molecule has 4 heteroatoms. The summed E-state index contributed by atoms with van der Waals surface area (Å²) in [5, 5.41) is 6.32. The molecule has 0 spiro atoms. The van der Waals surface area contributed by atoms with Crippen molar-refractivity contribution in [1.82, 2.24) is 5.32 Å². The van der Waals surface area contributed by atoms with E-state index in [0.717, 1.165) is 17.4 Å². The molecule has 1 aliphatic heterocycles. The molecule has 21 heavy (non-hydrogen) atoms. The second-order valence-corrected chi connectivity index (χ2v) is 6.17. The Balaban J connectivity index is 1.74. The van der Waals surface area contributed by atoms with Crippen molar-refractivity contribution >= 4 is 11.6 Å². The minimum absolute atomic E-state index is 0.0760. The van der Waals surface area contributed by atoms with Crippen LogP contribution in [0, 0.1) is 5.92 Å². The predicted molar refractivity (Wildman–Crippen MR) is 83.6 cm³/mol. The number of amides is 1. The van der Waals surface area contributed by atoms with E-state index in [1.807, 2.05) is 13.1 Å². The van der Waals surface area contributed by atoms with E-state index in [-0.39, 0.29) is 12.5 Å². The summed E-state index contributed by atoms with van der Waals surface area (Å²) in [5.41, 5.74) is 2.03. The average Bonchev–Trinajstić information content (AvgIpc) is 2.53. The first-order valence-corrected chi connectivity index (χ1v) is 8.00. The Hall–Kier alpha value is -1.55. The molecule has 3 rings (SSSR count). The SMILES string of the molecule is CNC(CC1CCCCC1)c1ccc2c(c1)NC(=O)CO2. The van der Waals surface area contributed by atoms with Crippen LogP contribution in [-0.4, -0.2) is 19.6 Å². The van der Waals surface area contributed by atoms with Gasteiger partial charge in [-0.15, -0.1) is 0 Å². The summed E-state index contributed by atoms with van der Waals surface area (Å²) in [7, 11) is 2.02. The molecule has 2 N–H and O–H groups in total. The average molecular weight is 288 g/mol. The highest BCUT2D eigenvalue weighted by Crippen LogP contribution is 2.35. The molecule has 4 nitrogen and oxygen atoms in total. The van der Waals surface area contributed by atoms with Gasteiger partial charge in [0.05, 0.1) is 5.69 Å². The van der Waals surface area contributed by atoms with Gasteiger partial charge in [-0.3, -0.25) is 4.79 Å². The minimum Gasteiger partial charge on any atom is -0.482 e. The van der Waals surface area contributed by atoms with Gasteiger partial charge in [0.25, 0.3) is 5.91 Å². The van der Waals surface area contributed by atoms with Crippen molar-refractivity contribution in [2.75, 3.05) is 19.0 Å². The van der Waals surface area contributed by atoms with Crippen molar-refractivity contribution in [1.29, 1.82) is 0 Å². The number of benzene rings is 1. The predicted octanol–water partition coefficient (Wildman–Crippen LogP) is 3.25. The lowest BCUT2D eigenvalue weighted by Crippen LogP contribution is -2.26. The molecule has 2 aliphatic rings. The molecule has 1 fully saturated rings. The molecule has 1 amide bonds. The van der Waals surface area contributed by atoms with Gasteiger partial charge < -0.3 is 15.4 Å². The van der Waals surface area contributed by atoms with Crippen LogP contribution in [0.5, 0.6) is 5.75 Å². The highest BCUT2D eigenvalue weighted by molar-refractivity contribution is 5.95. The van der Waals surface area contributed by atoms with E-state index in [4.69, 9.17) is 4.74 Å². The molecule has 1 saturated carbocycles. The summed E-state index contributed by atoms with van der Waals surface area (Å²) in [6.07, 6.45) is 8.00. The number of rotatable bonds is 4. The van der Waals surface area contributed by atoms with E-state index in [1.54, 1.807) is 0 Å². The first-order chi connectivity index (χ1) is 10.3. The topological polar surface area (TPSA) is 50.4 Å². The third kappa shape index (κ3) is 3.38. The van der Waals surface area contributed by atoms with Crippen LogP contribution in [0.2, 0.25) is 0 Å². The molecule has 1 aromatic carbocycles. The summed E-state index contributed by atoms with van der Waals surface area (Å²) >= 11 is 0. The lowest BCUT2D eigenvalue weighted by Gasteiger charge is -2.27. The number of hydrogen-bond donors (Lipinski definition) is 2. The van der Waals surface area contributed by atoms with E-state index in [2.05, 4.69) is 22.8 Å². The molecule has 0 bridgehead atoms. The van der Waals surface area contributed by atoms with Gasteiger partial charge in [0, 0.05) is 6.04 Å². The number of anilines is 1. The molecular formula is C17H24N2O2. The number of carbonyl (C=O) groups is 1. The molecule has 1 aliphatic carbocycles. The number of nitrogens with one attached hydrogen (secondary N) is 2. The van der Waals surface area contributed by atoms with Crippen LogP contribution in [0.1, 0.15) is 50.1 Å². The summed E-state index contributed by atoms with van der Waals surface area (Å²) in [6, 6.07) is 6.48. The second-order valence-electron chi connectivity index (χ2n) is 6.17. The van der Waals surface area contributed by atoms with Crippen LogP contribution in [-0.2, 0) is 4.79 Å². The summed E-state index contributed by atoms with van der Waals surface area (Å²) in [5.74, 6) is 1.51. The number of hydrogen-bond acceptors (Lipinski definition) is 3. The van der Waals surface area contributed by atoms with Crippen LogP contribution in [0.25, 0.3) is 0 Å². The third-order valence-corrected chi connectivity index (χ3v) is 4.68. The molecule has 1 aromatic rings. The van der Waals surface area contributed by atoms with Gasteiger partial charge in [-0.2, -0.15) is 0 Å². The smallest absolute Gasteiger partial charge is 0.262 e. The lowest BCUT2D eigenvalue weighted by molar-refractivity contribution is -0.118. The second kappa shape index (κ2) is 6.48. The third-order valence-electron chi connectivity index (χ3n) is 4.68. The van der Waals surface area contributed by atoms with Gasteiger partial charge in [0.1, 0.15) is 5.75 Å². The highest BCUT2D eigenvalue weighted by Gasteiger charge is 2.22. The molecule has 1 heterocycles. The first-order valence-electron chi connectivity index (χ1n) is 8.00. The monoisotopic (exact) mass is 288 g/mol. The Kier molecular flexibility index (Phi) is 4.44. The van der Waals surface area contributed by atoms with Crippen LogP contribution in [0.15, 0.2) is 18.2 Å². The highest BCUT2D eigenvalue weighted by atomic mass is 16.5. The minimum atomic E-state index is -0.0760. The molecular weight excluding hydrogens is 264 g/mol. The molecule has 0 radical (unpaired) electrons. The van der Waals surface area contributed by atoms with E-state index in [0.29, 0.717) is 6.04 Å². The fourth-order valence-electron chi connectivity index (χ4n) is 3.49. The standard InChI is InChI=1S/C17H24N2O2/c1-18-14(9-12-5-3-2-4-6-12)13-7-8-16-15(10-13)19-17(20)11-21-16/h7-8,10,12,14,18H,2-6,9,11H2,1H3,(H,19,20). The van der Waals surface area contributed by atoms with Crippen LogP contribution in [0.3, 0.4) is 0 Å². The van der Waals surface area contributed by atoms with Crippen molar-refractivity contribution < 1.29 is 9.53 Å². The molecule has 0 aromatic heterocycles. The van der Waals surface area contributed by atoms with Gasteiger partial charge in [-0.25, -0.2) is 0 Å². The van der Waals surface area contributed by atoms with E-state index >= 15 is 0 Å². The lowest BCUT2D eigenvalue weighted by atomic mass is 9.83. The van der Waals surface area contributed by atoms with Gasteiger partial charge in [0.15, 0.2) is 6.61 Å². The molecule has 1 unspecified atom stereocenters. The number of carbonyl (C=O) groups excluding carboxylic acids is 1. The largest absolute Gasteiger partial charge is 0.482 e. The summed E-state index contributed by atoms with van der Waals surface area (Å²) in [6.45, 7) is 0.115. The zero-order valence-corrected chi connectivity index (χ0v) is 12.7. The van der Waals surface area contributed by atoms with E-state index in [9.17, 15) is 4.79 Å². The fourth-order valence-corrected chi connectivity index (χ4v) is 3.49. The molecule has 0 saturated heterocycles.